The Kier molecular flexibility index (Phi) is 8.47. The standard InChI is InChI=1S/C17H26O2S/c1-3-7-16(8-5-4-6-13-18)14-20(19)17-11-9-15(2)10-12-17/h8-12,18H,3-7,13-14H2,1-2H3/b16-8+/t20-/m1/s1. The minimum Gasteiger partial charge on any atom is -0.396 e. The van der Waals surface area contributed by atoms with Crippen molar-refractivity contribution in [1.82, 2.24) is 0 Å². The summed E-state index contributed by atoms with van der Waals surface area (Å²) in [5.41, 5.74) is 2.48. The van der Waals surface area contributed by atoms with Crippen molar-refractivity contribution in [1.29, 1.82) is 0 Å². The van der Waals surface area contributed by atoms with Gasteiger partial charge in [-0.15, -0.1) is 0 Å². The number of benzene rings is 1. The molecular weight excluding hydrogens is 268 g/mol. The highest BCUT2D eigenvalue weighted by Crippen LogP contribution is 2.15. The van der Waals surface area contributed by atoms with Gasteiger partial charge in [0.05, 0.1) is 10.8 Å². The number of aliphatic hydroxyl groups excluding tert-OH is 1. The lowest BCUT2D eigenvalue weighted by Crippen LogP contribution is -2.02. The smallest absolute Gasteiger partial charge is 0.0570 e. The molecule has 1 aromatic carbocycles. The minimum atomic E-state index is -0.948. The van der Waals surface area contributed by atoms with Crippen LogP contribution in [0.3, 0.4) is 0 Å². The molecule has 0 saturated carbocycles. The first kappa shape index (κ1) is 17.1. The molecule has 0 bridgehead atoms. The highest BCUT2D eigenvalue weighted by Gasteiger charge is 2.06. The van der Waals surface area contributed by atoms with Gasteiger partial charge in [0.2, 0.25) is 0 Å². The second kappa shape index (κ2) is 9.89. The summed E-state index contributed by atoms with van der Waals surface area (Å²) in [5, 5.41) is 8.78. The van der Waals surface area contributed by atoms with E-state index in [1.54, 1.807) is 0 Å². The molecule has 1 N–H and O–H groups in total. The van der Waals surface area contributed by atoms with Crippen LogP contribution in [0.15, 0.2) is 40.8 Å². The normalized spacial score (nSPS) is 13.4. The molecule has 1 aromatic rings. The van der Waals surface area contributed by atoms with E-state index in [4.69, 9.17) is 5.11 Å². The van der Waals surface area contributed by atoms with Gasteiger partial charge in [-0.2, -0.15) is 0 Å². The molecule has 0 aromatic heterocycles. The van der Waals surface area contributed by atoms with Crippen LogP contribution in [0.25, 0.3) is 0 Å². The second-order valence-corrected chi connectivity index (χ2v) is 6.59. The van der Waals surface area contributed by atoms with Crippen molar-refractivity contribution in [3.05, 3.63) is 41.5 Å². The molecule has 0 aliphatic heterocycles. The van der Waals surface area contributed by atoms with E-state index in [-0.39, 0.29) is 6.61 Å². The molecular formula is C17H26O2S. The Bertz CT molecular complexity index is 435. The summed E-state index contributed by atoms with van der Waals surface area (Å²) in [6, 6.07) is 7.94. The molecule has 20 heavy (non-hydrogen) atoms. The summed E-state index contributed by atoms with van der Waals surface area (Å²) < 4.78 is 12.4. The summed E-state index contributed by atoms with van der Waals surface area (Å²) in [5.74, 6) is 0.635. The van der Waals surface area contributed by atoms with Crippen molar-refractivity contribution in [3.63, 3.8) is 0 Å². The third kappa shape index (κ3) is 6.49. The van der Waals surface area contributed by atoms with Crippen molar-refractivity contribution in [3.8, 4) is 0 Å². The summed E-state index contributed by atoms with van der Waals surface area (Å²) in [7, 11) is -0.948. The molecule has 0 unspecified atom stereocenters. The third-order valence-electron chi connectivity index (χ3n) is 3.22. The number of aliphatic hydroxyl groups is 1. The van der Waals surface area contributed by atoms with E-state index >= 15 is 0 Å². The van der Waals surface area contributed by atoms with Gasteiger partial charge in [-0.1, -0.05) is 42.7 Å². The molecule has 0 amide bonds. The fourth-order valence-electron chi connectivity index (χ4n) is 2.06. The number of rotatable bonds is 9. The van der Waals surface area contributed by atoms with Crippen molar-refractivity contribution in [2.24, 2.45) is 0 Å². The molecule has 1 rings (SSSR count). The topological polar surface area (TPSA) is 37.3 Å². The average molecular weight is 294 g/mol. The fourth-order valence-corrected chi connectivity index (χ4v) is 3.26. The molecule has 0 aliphatic rings. The van der Waals surface area contributed by atoms with E-state index < -0.39 is 10.8 Å². The lowest BCUT2D eigenvalue weighted by Gasteiger charge is -2.07. The van der Waals surface area contributed by atoms with Gasteiger partial charge in [-0.3, -0.25) is 4.21 Å². The third-order valence-corrected chi connectivity index (χ3v) is 4.65. The number of aryl methyl sites for hydroxylation is 1. The first-order valence-electron chi connectivity index (χ1n) is 7.41. The molecule has 0 aliphatic carbocycles. The fraction of sp³-hybridized carbons (Fsp3) is 0.529. The zero-order chi connectivity index (χ0) is 14.8. The monoisotopic (exact) mass is 294 g/mol. The molecule has 0 spiro atoms. The lowest BCUT2D eigenvalue weighted by atomic mass is 10.1. The van der Waals surface area contributed by atoms with Crippen LogP contribution in [0, 0.1) is 6.92 Å². The number of allylic oxidation sites excluding steroid dienone is 1. The number of unbranched alkanes of at least 4 members (excludes halogenated alkanes) is 2. The van der Waals surface area contributed by atoms with Gasteiger partial charge in [0.1, 0.15) is 0 Å². The Labute approximate surface area is 125 Å². The van der Waals surface area contributed by atoms with Gasteiger partial charge >= 0.3 is 0 Å². The maximum Gasteiger partial charge on any atom is 0.0570 e. The SMILES string of the molecule is CCC/C(=C\CCCCO)C[S@@](=O)c1ccc(C)cc1. The Morgan fingerprint density at radius 3 is 2.55 bits per heavy atom. The van der Waals surface area contributed by atoms with Crippen LogP contribution >= 0.6 is 0 Å². The highest BCUT2D eigenvalue weighted by molar-refractivity contribution is 7.85. The largest absolute Gasteiger partial charge is 0.396 e. The molecule has 0 saturated heterocycles. The average Bonchev–Trinajstić information content (AvgIpc) is 2.44. The van der Waals surface area contributed by atoms with E-state index in [2.05, 4.69) is 13.0 Å². The molecule has 3 heteroatoms. The predicted octanol–water partition coefficient (Wildman–Crippen LogP) is 3.99. The molecule has 0 heterocycles. The van der Waals surface area contributed by atoms with Gasteiger partial charge in [0.25, 0.3) is 0 Å². The first-order valence-corrected chi connectivity index (χ1v) is 8.73. The maximum absolute atomic E-state index is 12.4. The van der Waals surface area contributed by atoms with E-state index in [1.165, 1.54) is 11.1 Å². The van der Waals surface area contributed by atoms with Crippen LogP contribution in [0.4, 0.5) is 0 Å². The van der Waals surface area contributed by atoms with Crippen LogP contribution in [0.5, 0.6) is 0 Å². The lowest BCUT2D eigenvalue weighted by molar-refractivity contribution is 0.285. The first-order chi connectivity index (χ1) is 9.67. The molecule has 0 radical (unpaired) electrons. The summed E-state index contributed by atoms with van der Waals surface area (Å²) in [4.78, 5) is 0.910. The zero-order valence-electron chi connectivity index (χ0n) is 12.6. The highest BCUT2D eigenvalue weighted by atomic mass is 32.2. The van der Waals surface area contributed by atoms with Gasteiger partial charge in [0, 0.05) is 17.3 Å². The molecule has 2 nitrogen and oxygen atoms in total. The van der Waals surface area contributed by atoms with Gasteiger partial charge in [-0.25, -0.2) is 0 Å². The molecule has 0 fully saturated rings. The Morgan fingerprint density at radius 2 is 1.95 bits per heavy atom. The van der Waals surface area contributed by atoms with Crippen molar-refractivity contribution >= 4 is 10.8 Å². The summed E-state index contributed by atoms with van der Waals surface area (Å²) >= 11 is 0. The Balaban J connectivity index is 2.60. The summed E-state index contributed by atoms with van der Waals surface area (Å²) in [6.07, 6.45) is 7.12. The zero-order valence-corrected chi connectivity index (χ0v) is 13.4. The van der Waals surface area contributed by atoms with E-state index in [9.17, 15) is 4.21 Å². The van der Waals surface area contributed by atoms with E-state index in [1.807, 2.05) is 31.2 Å². The van der Waals surface area contributed by atoms with E-state index in [0.717, 1.165) is 37.0 Å². The van der Waals surface area contributed by atoms with Crippen molar-refractivity contribution in [2.75, 3.05) is 12.4 Å². The molecule has 112 valence electrons. The minimum absolute atomic E-state index is 0.256. The predicted molar refractivity (Wildman–Crippen MR) is 86.4 cm³/mol. The van der Waals surface area contributed by atoms with Crippen molar-refractivity contribution < 1.29 is 9.32 Å². The Hall–Kier alpha value is -0.930. The van der Waals surface area contributed by atoms with Crippen LogP contribution in [0.1, 0.15) is 44.6 Å². The van der Waals surface area contributed by atoms with Gasteiger partial charge < -0.3 is 5.11 Å². The van der Waals surface area contributed by atoms with Gasteiger partial charge in [-0.05, 0) is 44.7 Å². The van der Waals surface area contributed by atoms with Crippen LogP contribution in [-0.2, 0) is 10.8 Å². The van der Waals surface area contributed by atoms with Crippen LogP contribution in [0.2, 0.25) is 0 Å². The Morgan fingerprint density at radius 1 is 1.25 bits per heavy atom. The van der Waals surface area contributed by atoms with E-state index in [0.29, 0.717) is 5.75 Å². The quantitative estimate of drug-likeness (QED) is 0.552. The molecule has 1 atom stereocenters. The van der Waals surface area contributed by atoms with Crippen molar-refractivity contribution in [2.45, 2.75) is 50.8 Å². The number of hydrogen-bond acceptors (Lipinski definition) is 2. The van der Waals surface area contributed by atoms with Crippen LogP contribution in [-0.4, -0.2) is 21.7 Å². The van der Waals surface area contributed by atoms with Crippen LogP contribution < -0.4 is 0 Å². The second-order valence-electron chi connectivity index (χ2n) is 5.13. The maximum atomic E-state index is 12.4. The van der Waals surface area contributed by atoms with Gasteiger partial charge in [0.15, 0.2) is 0 Å². The number of hydrogen-bond donors (Lipinski definition) is 1. The summed E-state index contributed by atoms with van der Waals surface area (Å²) in [6.45, 7) is 4.44.